The van der Waals surface area contributed by atoms with Crippen LogP contribution in [0, 0.1) is 6.92 Å². The van der Waals surface area contributed by atoms with Crippen LogP contribution >= 0.6 is 15.9 Å². The molecule has 0 saturated heterocycles. The SMILES string of the molecule is CC.CC.CC.CC.Cc1cc(Br)c(NCO)cc1NCO. The molecule has 1 aromatic carbocycles. The molecule has 22 heavy (non-hydrogen) atoms. The summed E-state index contributed by atoms with van der Waals surface area (Å²) in [5.74, 6) is 0. The average Bonchev–Trinajstić information content (AvgIpc) is 2.60. The van der Waals surface area contributed by atoms with Gasteiger partial charge in [0, 0.05) is 10.2 Å². The van der Waals surface area contributed by atoms with Crippen LogP contribution in [0.1, 0.15) is 61.0 Å². The Bertz CT molecular complexity index is 295. The molecule has 0 amide bonds. The first kappa shape index (κ1) is 29.3. The normalized spacial score (nSPS) is 7.45. The van der Waals surface area contributed by atoms with Gasteiger partial charge in [-0.2, -0.15) is 0 Å². The van der Waals surface area contributed by atoms with Crippen molar-refractivity contribution >= 4 is 27.3 Å². The molecule has 0 radical (unpaired) electrons. The van der Waals surface area contributed by atoms with Gasteiger partial charge in [-0.05, 0) is 40.5 Å². The minimum atomic E-state index is -0.125. The van der Waals surface area contributed by atoms with Crippen LogP contribution in [0.25, 0.3) is 0 Å². The fraction of sp³-hybridized carbons (Fsp3) is 0.647. The summed E-state index contributed by atoms with van der Waals surface area (Å²) in [7, 11) is 0. The van der Waals surface area contributed by atoms with E-state index in [1.54, 1.807) is 0 Å². The van der Waals surface area contributed by atoms with Crippen molar-refractivity contribution in [3.8, 4) is 0 Å². The van der Waals surface area contributed by atoms with Crippen molar-refractivity contribution in [2.45, 2.75) is 62.3 Å². The molecule has 0 saturated carbocycles. The highest BCUT2D eigenvalue weighted by Gasteiger charge is 2.04. The Hall–Kier alpha value is -0.780. The summed E-state index contributed by atoms with van der Waals surface area (Å²) in [6.07, 6.45) is 0. The molecule has 0 fully saturated rings. The fourth-order valence-electron chi connectivity index (χ4n) is 1.17. The van der Waals surface area contributed by atoms with Crippen LogP contribution in [0.3, 0.4) is 0 Å². The Balaban J connectivity index is -0.000000175. The first-order valence-electron chi connectivity index (χ1n) is 8.18. The minimum absolute atomic E-state index is 0.110. The highest BCUT2D eigenvalue weighted by atomic mass is 79.9. The lowest BCUT2D eigenvalue weighted by Crippen LogP contribution is -2.05. The van der Waals surface area contributed by atoms with Crippen LogP contribution < -0.4 is 10.6 Å². The topological polar surface area (TPSA) is 64.5 Å². The highest BCUT2D eigenvalue weighted by Crippen LogP contribution is 2.28. The zero-order valence-electron chi connectivity index (χ0n) is 15.8. The first-order chi connectivity index (χ1) is 10.7. The summed E-state index contributed by atoms with van der Waals surface area (Å²) in [5, 5.41) is 23.1. The van der Waals surface area contributed by atoms with Crippen LogP contribution in [0.2, 0.25) is 0 Å². The van der Waals surface area contributed by atoms with E-state index in [1.807, 2.05) is 74.4 Å². The Morgan fingerprint density at radius 3 is 1.50 bits per heavy atom. The fourth-order valence-corrected chi connectivity index (χ4v) is 1.77. The van der Waals surface area contributed by atoms with Gasteiger partial charge in [-0.1, -0.05) is 55.4 Å². The molecule has 5 heteroatoms. The summed E-state index contributed by atoms with van der Waals surface area (Å²) in [5.41, 5.74) is 2.65. The van der Waals surface area contributed by atoms with E-state index in [2.05, 4.69) is 26.6 Å². The summed E-state index contributed by atoms with van der Waals surface area (Å²) in [6.45, 7) is 17.7. The number of aliphatic hydroxyl groups is 2. The second kappa shape index (κ2) is 25.2. The average molecular weight is 381 g/mol. The van der Waals surface area contributed by atoms with Gasteiger partial charge in [-0.15, -0.1) is 0 Å². The van der Waals surface area contributed by atoms with E-state index in [4.69, 9.17) is 10.2 Å². The standard InChI is InChI=1S/C9H13BrN2O2.4C2H6/c1-6-2-7(10)9(12-5-14)3-8(6)11-4-13;4*1-2/h2-3,11-14H,4-5H2,1H3;4*1-2H3. The molecule has 0 unspecified atom stereocenters. The molecule has 0 bridgehead atoms. The van der Waals surface area contributed by atoms with Gasteiger partial charge in [-0.25, -0.2) is 0 Å². The number of aryl methyl sites for hydroxylation is 1. The van der Waals surface area contributed by atoms with Gasteiger partial charge in [0.05, 0.1) is 5.69 Å². The molecule has 0 aliphatic rings. The largest absolute Gasteiger partial charge is 0.377 e. The number of hydrogen-bond acceptors (Lipinski definition) is 4. The zero-order chi connectivity index (χ0) is 18.6. The van der Waals surface area contributed by atoms with Crippen molar-refractivity contribution in [2.75, 3.05) is 24.1 Å². The predicted molar refractivity (Wildman–Crippen MR) is 106 cm³/mol. The summed E-state index contributed by atoms with van der Waals surface area (Å²) >= 11 is 3.37. The van der Waals surface area contributed by atoms with E-state index in [9.17, 15) is 0 Å². The van der Waals surface area contributed by atoms with Gasteiger partial charge in [0.15, 0.2) is 0 Å². The van der Waals surface area contributed by atoms with Crippen molar-refractivity contribution in [3.05, 3.63) is 22.2 Å². The maximum Gasteiger partial charge on any atom is 0.113 e. The summed E-state index contributed by atoms with van der Waals surface area (Å²) < 4.78 is 0.882. The highest BCUT2D eigenvalue weighted by molar-refractivity contribution is 9.10. The third-order valence-corrected chi connectivity index (χ3v) is 2.51. The van der Waals surface area contributed by atoms with E-state index in [1.165, 1.54) is 0 Å². The van der Waals surface area contributed by atoms with Crippen molar-refractivity contribution in [3.63, 3.8) is 0 Å². The molecule has 1 aromatic rings. The van der Waals surface area contributed by atoms with E-state index >= 15 is 0 Å². The second-order valence-corrected chi connectivity index (χ2v) is 3.67. The number of halogens is 1. The van der Waals surface area contributed by atoms with Crippen LogP contribution in [0.15, 0.2) is 16.6 Å². The molecule has 4 nitrogen and oxygen atoms in total. The number of aliphatic hydroxyl groups excluding tert-OH is 2. The molecule has 1 rings (SSSR count). The lowest BCUT2D eigenvalue weighted by Gasteiger charge is -2.12. The third kappa shape index (κ3) is 14.2. The Labute approximate surface area is 146 Å². The molecular formula is C17H37BrN2O2. The Morgan fingerprint density at radius 1 is 0.773 bits per heavy atom. The third-order valence-electron chi connectivity index (χ3n) is 1.85. The minimum Gasteiger partial charge on any atom is -0.377 e. The van der Waals surface area contributed by atoms with Crippen LogP contribution in [0.4, 0.5) is 11.4 Å². The maximum atomic E-state index is 8.74. The second-order valence-electron chi connectivity index (χ2n) is 2.82. The summed E-state index contributed by atoms with van der Waals surface area (Å²) in [6, 6.07) is 3.74. The first-order valence-corrected chi connectivity index (χ1v) is 8.98. The van der Waals surface area contributed by atoms with Crippen molar-refractivity contribution in [1.29, 1.82) is 0 Å². The summed E-state index contributed by atoms with van der Waals surface area (Å²) in [4.78, 5) is 0. The van der Waals surface area contributed by atoms with Crippen molar-refractivity contribution < 1.29 is 10.2 Å². The van der Waals surface area contributed by atoms with Gasteiger partial charge >= 0.3 is 0 Å². The van der Waals surface area contributed by atoms with E-state index < -0.39 is 0 Å². The molecule has 0 aromatic heterocycles. The van der Waals surface area contributed by atoms with Crippen molar-refractivity contribution in [1.82, 2.24) is 0 Å². The quantitative estimate of drug-likeness (QED) is 0.514. The molecule has 134 valence electrons. The number of benzene rings is 1. The predicted octanol–water partition coefficient (Wildman–Crippen LogP) is 5.59. The molecule has 4 N–H and O–H groups in total. The molecule has 0 heterocycles. The van der Waals surface area contributed by atoms with Crippen LogP contribution in [0.5, 0.6) is 0 Å². The van der Waals surface area contributed by atoms with E-state index in [0.717, 1.165) is 21.4 Å². The molecule has 0 aliphatic heterocycles. The molecule has 0 spiro atoms. The maximum absolute atomic E-state index is 8.74. The number of rotatable bonds is 4. The van der Waals surface area contributed by atoms with Gasteiger partial charge in [-0.3, -0.25) is 0 Å². The van der Waals surface area contributed by atoms with Gasteiger partial charge in [0.25, 0.3) is 0 Å². The smallest absolute Gasteiger partial charge is 0.113 e. The van der Waals surface area contributed by atoms with E-state index in [0.29, 0.717) is 0 Å². The Morgan fingerprint density at radius 2 is 1.14 bits per heavy atom. The number of nitrogens with one attached hydrogen (secondary N) is 2. The Kier molecular flexibility index (Phi) is 33.5. The molecular weight excluding hydrogens is 344 g/mol. The van der Waals surface area contributed by atoms with E-state index in [-0.39, 0.29) is 13.5 Å². The molecule has 0 atom stereocenters. The van der Waals surface area contributed by atoms with Gasteiger partial charge in [0.2, 0.25) is 0 Å². The number of anilines is 2. The van der Waals surface area contributed by atoms with Crippen LogP contribution in [-0.2, 0) is 0 Å². The van der Waals surface area contributed by atoms with Crippen LogP contribution in [-0.4, -0.2) is 23.7 Å². The monoisotopic (exact) mass is 380 g/mol. The lowest BCUT2D eigenvalue weighted by atomic mass is 10.2. The lowest BCUT2D eigenvalue weighted by molar-refractivity contribution is 0.325. The zero-order valence-corrected chi connectivity index (χ0v) is 17.4. The number of hydrogen-bond donors (Lipinski definition) is 4. The van der Waals surface area contributed by atoms with Gasteiger partial charge in [0.1, 0.15) is 13.5 Å². The van der Waals surface area contributed by atoms with Gasteiger partial charge < -0.3 is 20.8 Å². The molecule has 0 aliphatic carbocycles. The van der Waals surface area contributed by atoms with Crippen molar-refractivity contribution in [2.24, 2.45) is 0 Å².